The van der Waals surface area contributed by atoms with Crippen molar-refractivity contribution in [2.75, 3.05) is 7.05 Å². The molecule has 1 fully saturated rings. The van der Waals surface area contributed by atoms with Crippen molar-refractivity contribution in [2.45, 2.75) is 83.9 Å². The Morgan fingerprint density at radius 3 is 2.17 bits per heavy atom. The Kier molecular flexibility index (Phi) is 4.82. The topological polar surface area (TPSA) is 29.5 Å². The highest BCUT2D eigenvalue weighted by atomic mass is 16.5. The fraction of sp³-hybridized carbons (Fsp3) is 0.933. The summed E-state index contributed by atoms with van der Waals surface area (Å²) in [4.78, 5) is 14.1. The van der Waals surface area contributed by atoms with Crippen LogP contribution in [-0.4, -0.2) is 35.1 Å². The van der Waals surface area contributed by atoms with Crippen LogP contribution in [-0.2, 0) is 9.53 Å². The highest BCUT2D eigenvalue weighted by Crippen LogP contribution is 2.38. The van der Waals surface area contributed by atoms with Gasteiger partial charge in [0.25, 0.3) is 0 Å². The van der Waals surface area contributed by atoms with E-state index in [1.807, 2.05) is 0 Å². The zero-order valence-corrected chi connectivity index (χ0v) is 12.9. The number of carbonyl (C=O) groups is 1. The van der Waals surface area contributed by atoms with Gasteiger partial charge in [-0.1, -0.05) is 13.3 Å². The Bertz CT molecular complexity index is 279. The predicted octanol–water partition coefficient (Wildman–Crippen LogP) is 3.37. The molecule has 106 valence electrons. The van der Waals surface area contributed by atoms with Crippen molar-refractivity contribution in [1.29, 1.82) is 0 Å². The number of piperidine rings is 1. The molecule has 3 heteroatoms. The second-order valence-electron chi connectivity index (χ2n) is 6.81. The van der Waals surface area contributed by atoms with E-state index >= 15 is 0 Å². The van der Waals surface area contributed by atoms with E-state index in [1.54, 1.807) is 0 Å². The molecule has 0 amide bonds. The molecule has 0 aliphatic carbocycles. The summed E-state index contributed by atoms with van der Waals surface area (Å²) in [5, 5.41) is 0. The SMILES string of the molecule is CCCCC(=O)OC1CC(C)(C)N(C)C(C)(C)C1. The van der Waals surface area contributed by atoms with E-state index < -0.39 is 0 Å². The highest BCUT2D eigenvalue weighted by molar-refractivity contribution is 5.69. The summed E-state index contributed by atoms with van der Waals surface area (Å²) in [6.45, 7) is 11.0. The Hall–Kier alpha value is -0.570. The molecule has 0 bridgehead atoms. The molecule has 1 aliphatic rings. The highest BCUT2D eigenvalue weighted by Gasteiger charge is 2.44. The van der Waals surface area contributed by atoms with Gasteiger partial charge >= 0.3 is 5.97 Å². The smallest absolute Gasteiger partial charge is 0.306 e. The lowest BCUT2D eigenvalue weighted by atomic mass is 9.79. The largest absolute Gasteiger partial charge is 0.462 e. The number of likely N-dealkylation sites (tertiary alicyclic amines) is 1. The van der Waals surface area contributed by atoms with Gasteiger partial charge < -0.3 is 4.74 Å². The van der Waals surface area contributed by atoms with Crippen LogP contribution < -0.4 is 0 Å². The van der Waals surface area contributed by atoms with Gasteiger partial charge in [-0.25, -0.2) is 0 Å². The number of unbranched alkanes of at least 4 members (excludes halogenated alkanes) is 1. The lowest BCUT2D eigenvalue weighted by molar-refractivity contribution is -0.159. The average molecular weight is 255 g/mol. The minimum atomic E-state index is -0.0296. The minimum Gasteiger partial charge on any atom is -0.462 e. The maximum Gasteiger partial charge on any atom is 0.306 e. The molecule has 1 aliphatic heterocycles. The van der Waals surface area contributed by atoms with Crippen molar-refractivity contribution in [2.24, 2.45) is 0 Å². The quantitative estimate of drug-likeness (QED) is 0.721. The number of nitrogens with zero attached hydrogens (tertiary/aromatic N) is 1. The lowest BCUT2D eigenvalue weighted by Gasteiger charge is -2.53. The zero-order valence-electron chi connectivity index (χ0n) is 12.9. The standard InChI is InChI=1S/C15H29NO2/c1-7-8-9-13(17)18-12-10-14(2,3)16(6)15(4,5)11-12/h12H,7-11H2,1-6H3. The van der Waals surface area contributed by atoms with Gasteiger partial charge in [0.1, 0.15) is 6.10 Å². The fourth-order valence-corrected chi connectivity index (χ4v) is 2.93. The van der Waals surface area contributed by atoms with Crippen LogP contribution in [0.3, 0.4) is 0 Å². The van der Waals surface area contributed by atoms with Gasteiger partial charge in [-0.3, -0.25) is 9.69 Å². The van der Waals surface area contributed by atoms with Crippen LogP contribution in [0.15, 0.2) is 0 Å². The predicted molar refractivity (Wildman–Crippen MR) is 74.6 cm³/mol. The molecule has 0 atom stereocenters. The molecular formula is C15H29NO2. The summed E-state index contributed by atoms with van der Waals surface area (Å²) < 4.78 is 5.65. The Labute approximate surface area is 112 Å². The monoisotopic (exact) mass is 255 g/mol. The maximum atomic E-state index is 11.7. The third kappa shape index (κ3) is 3.71. The molecule has 1 saturated heterocycles. The molecule has 0 spiro atoms. The minimum absolute atomic E-state index is 0.0296. The number of ether oxygens (including phenoxy) is 1. The van der Waals surface area contributed by atoms with Crippen molar-refractivity contribution in [3.05, 3.63) is 0 Å². The van der Waals surface area contributed by atoms with Crippen LogP contribution in [0.2, 0.25) is 0 Å². The molecule has 18 heavy (non-hydrogen) atoms. The van der Waals surface area contributed by atoms with Gasteiger partial charge in [0, 0.05) is 30.3 Å². The van der Waals surface area contributed by atoms with Gasteiger partial charge in [-0.15, -0.1) is 0 Å². The number of esters is 1. The van der Waals surface area contributed by atoms with Crippen molar-refractivity contribution < 1.29 is 9.53 Å². The fourth-order valence-electron chi connectivity index (χ4n) is 2.93. The summed E-state index contributed by atoms with van der Waals surface area (Å²) >= 11 is 0. The summed E-state index contributed by atoms with van der Waals surface area (Å²) in [7, 11) is 2.16. The first-order valence-electron chi connectivity index (χ1n) is 7.12. The van der Waals surface area contributed by atoms with Crippen LogP contribution in [0.1, 0.15) is 66.7 Å². The second kappa shape index (κ2) is 5.60. The summed E-state index contributed by atoms with van der Waals surface area (Å²) in [5.74, 6) is -0.0296. The first kappa shape index (κ1) is 15.5. The third-order valence-electron chi connectivity index (χ3n) is 4.30. The van der Waals surface area contributed by atoms with Gasteiger partial charge in [-0.2, -0.15) is 0 Å². The number of hydrogen-bond donors (Lipinski definition) is 0. The van der Waals surface area contributed by atoms with Crippen molar-refractivity contribution in [3.8, 4) is 0 Å². The second-order valence-corrected chi connectivity index (χ2v) is 6.81. The van der Waals surface area contributed by atoms with Gasteiger partial charge in [0.05, 0.1) is 0 Å². The molecule has 0 radical (unpaired) electrons. The third-order valence-corrected chi connectivity index (χ3v) is 4.30. The summed E-state index contributed by atoms with van der Waals surface area (Å²) in [5.41, 5.74) is 0.162. The number of hydrogen-bond acceptors (Lipinski definition) is 3. The molecule has 1 heterocycles. The van der Waals surface area contributed by atoms with Gasteiger partial charge in [0.15, 0.2) is 0 Å². The maximum absolute atomic E-state index is 11.7. The summed E-state index contributed by atoms with van der Waals surface area (Å²) in [6.07, 6.45) is 4.44. The van der Waals surface area contributed by atoms with Crippen LogP contribution in [0.25, 0.3) is 0 Å². The Morgan fingerprint density at radius 1 is 1.22 bits per heavy atom. The normalized spacial score (nSPS) is 23.9. The van der Waals surface area contributed by atoms with E-state index in [-0.39, 0.29) is 23.2 Å². The van der Waals surface area contributed by atoms with E-state index in [1.165, 1.54) is 0 Å². The number of rotatable bonds is 4. The van der Waals surface area contributed by atoms with Crippen LogP contribution >= 0.6 is 0 Å². The lowest BCUT2D eigenvalue weighted by Crippen LogP contribution is -2.60. The average Bonchev–Trinajstić information content (AvgIpc) is 2.22. The molecular weight excluding hydrogens is 226 g/mol. The Morgan fingerprint density at radius 2 is 1.72 bits per heavy atom. The molecule has 3 nitrogen and oxygen atoms in total. The van der Waals surface area contributed by atoms with Gasteiger partial charge in [-0.05, 0) is 41.2 Å². The van der Waals surface area contributed by atoms with E-state index in [9.17, 15) is 4.79 Å². The first-order chi connectivity index (χ1) is 8.19. The van der Waals surface area contributed by atoms with Crippen LogP contribution in [0, 0.1) is 0 Å². The van der Waals surface area contributed by atoms with E-state index in [4.69, 9.17) is 4.74 Å². The van der Waals surface area contributed by atoms with Crippen LogP contribution in [0.5, 0.6) is 0 Å². The van der Waals surface area contributed by atoms with E-state index in [2.05, 4.69) is 46.6 Å². The van der Waals surface area contributed by atoms with Gasteiger partial charge in [0.2, 0.25) is 0 Å². The van der Waals surface area contributed by atoms with Crippen molar-refractivity contribution in [1.82, 2.24) is 4.90 Å². The molecule has 0 saturated carbocycles. The van der Waals surface area contributed by atoms with Crippen molar-refractivity contribution in [3.63, 3.8) is 0 Å². The van der Waals surface area contributed by atoms with Crippen LogP contribution in [0.4, 0.5) is 0 Å². The van der Waals surface area contributed by atoms with E-state index in [0.29, 0.717) is 6.42 Å². The Balaban J connectivity index is 2.61. The van der Waals surface area contributed by atoms with Crippen molar-refractivity contribution >= 4 is 5.97 Å². The molecule has 0 aromatic rings. The number of carbonyl (C=O) groups excluding carboxylic acids is 1. The molecule has 0 aromatic heterocycles. The van der Waals surface area contributed by atoms with E-state index in [0.717, 1.165) is 25.7 Å². The summed E-state index contributed by atoms with van der Waals surface area (Å²) in [6, 6.07) is 0. The molecule has 0 N–H and O–H groups in total. The molecule has 0 unspecified atom stereocenters. The molecule has 0 aromatic carbocycles. The first-order valence-corrected chi connectivity index (χ1v) is 7.12. The molecule has 1 rings (SSSR count). The zero-order chi connectivity index (χ0) is 14.0.